The van der Waals surface area contributed by atoms with E-state index in [1.807, 2.05) is 7.05 Å². The molecule has 1 aliphatic carbocycles. The molecule has 18 heavy (non-hydrogen) atoms. The molecule has 0 aromatic heterocycles. The van der Waals surface area contributed by atoms with Crippen LogP contribution in [0.5, 0.6) is 0 Å². The van der Waals surface area contributed by atoms with E-state index in [4.69, 9.17) is 0 Å². The van der Waals surface area contributed by atoms with Crippen LogP contribution in [0.25, 0.3) is 0 Å². The van der Waals surface area contributed by atoms with Gasteiger partial charge in [0, 0.05) is 6.04 Å². The fourth-order valence-corrected chi connectivity index (χ4v) is 2.79. The van der Waals surface area contributed by atoms with Crippen molar-refractivity contribution in [2.24, 2.45) is 0 Å². The van der Waals surface area contributed by atoms with E-state index in [0.717, 1.165) is 12.8 Å². The van der Waals surface area contributed by atoms with Crippen molar-refractivity contribution in [3.8, 4) is 0 Å². The van der Waals surface area contributed by atoms with Crippen molar-refractivity contribution >= 4 is 5.97 Å². The zero-order valence-corrected chi connectivity index (χ0v) is 10.4. The van der Waals surface area contributed by atoms with Crippen LogP contribution in [0.4, 0.5) is 4.39 Å². The van der Waals surface area contributed by atoms with Gasteiger partial charge in [0.15, 0.2) is 0 Å². The molecule has 1 aliphatic rings. The van der Waals surface area contributed by atoms with E-state index in [0.29, 0.717) is 24.4 Å². The molecule has 0 radical (unpaired) electrons. The molecule has 1 aromatic rings. The number of hydrogen-bond donors (Lipinski definition) is 2. The molecule has 0 aliphatic heterocycles. The Labute approximate surface area is 106 Å². The molecule has 0 unspecified atom stereocenters. The number of carboxylic acid groups (broad SMARTS) is 1. The molecule has 0 bridgehead atoms. The van der Waals surface area contributed by atoms with E-state index in [1.54, 1.807) is 12.1 Å². The second-order valence-electron chi connectivity index (χ2n) is 4.96. The molecule has 1 fully saturated rings. The molecule has 4 heteroatoms. The Balaban J connectivity index is 2.28. The maximum absolute atomic E-state index is 12.9. The van der Waals surface area contributed by atoms with Crippen molar-refractivity contribution in [3.05, 3.63) is 35.6 Å². The normalized spacial score (nSPS) is 28.0. The van der Waals surface area contributed by atoms with Crippen molar-refractivity contribution < 1.29 is 14.3 Å². The van der Waals surface area contributed by atoms with Crippen LogP contribution in [0.15, 0.2) is 24.3 Å². The molecule has 2 N–H and O–H groups in total. The Bertz CT molecular complexity index is 422. The van der Waals surface area contributed by atoms with Crippen molar-refractivity contribution in [2.45, 2.75) is 37.1 Å². The lowest BCUT2D eigenvalue weighted by Crippen LogP contribution is -2.43. The van der Waals surface area contributed by atoms with Crippen molar-refractivity contribution in [3.63, 3.8) is 0 Å². The van der Waals surface area contributed by atoms with Gasteiger partial charge < -0.3 is 10.4 Å². The zero-order valence-electron chi connectivity index (χ0n) is 10.4. The second-order valence-corrected chi connectivity index (χ2v) is 4.96. The molecule has 0 heterocycles. The highest BCUT2D eigenvalue weighted by atomic mass is 19.1. The van der Waals surface area contributed by atoms with Gasteiger partial charge in [-0.2, -0.15) is 0 Å². The van der Waals surface area contributed by atoms with Gasteiger partial charge in [0.05, 0.1) is 5.41 Å². The molecular weight excluding hydrogens is 233 g/mol. The minimum atomic E-state index is -0.846. The van der Waals surface area contributed by atoms with Gasteiger partial charge in [0.1, 0.15) is 5.82 Å². The topological polar surface area (TPSA) is 49.3 Å². The Morgan fingerprint density at radius 3 is 2.33 bits per heavy atom. The monoisotopic (exact) mass is 251 g/mol. The molecule has 0 spiro atoms. The highest BCUT2D eigenvalue weighted by molar-refractivity contribution is 5.81. The van der Waals surface area contributed by atoms with Crippen LogP contribution in [0, 0.1) is 5.82 Å². The lowest BCUT2D eigenvalue weighted by atomic mass is 9.68. The fourth-order valence-electron chi connectivity index (χ4n) is 2.79. The first-order valence-electron chi connectivity index (χ1n) is 6.25. The molecule has 1 aromatic carbocycles. The van der Waals surface area contributed by atoms with Gasteiger partial charge in [-0.05, 0) is 50.4 Å². The Morgan fingerprint density at radius 2 is 1.89 bits per heavy atom. The summed E-state index contributed by atoms with van der Waals surface area (Å²) in [5.41, 5.74) is -0.132. The molecular formula is C14H18FNO2. The summed E-state index contributed by atoms with van der Waals surface area (Å²) < 4.78 is 12.9. The van der Waals surface area contributed by atoms with Crippen LogP contribution in [-0.4, -0.2) is 24.2 Å². The third-order valence-electron chi connectivity index (χ3n) is 4.05. The minimum Gasteiger partial charge on any atom is -0.481 e. The molecule has 0 amide bonds. The molecule has 3 nitrogen and oxygen atoms in total. The first kappa shape index (κ1) is 13.0. The second kappa shape index (κ2) is 5.06. The third-order valence-corrected chi connectivity index (χ3v) is 4.05. The maximum Gasteiger partial charge on any atom is 0.314 e. The van der Waals surface area contributed by atoms with Crippen LogP contribution < -0.4 is 5.32 Å². The lowest BCUT2D eigenvalue weighted by Gasteiger charge is -2.37. The number of nitrogens with one attached hydrogen (secondary N) is 1. The summed E-state index contributed by atoms with van der Waals surface area (Å²) in [6.07, 6.45) is 2.86. The van der Waals surface area contributed by atoms with E-state index in [-0.39, 0.29) is 5.82 Å². The summed E-state index contributed by atoms with van der Waals surface area (Å²) in [5.74, 6) is -1.13. The first-order valence-corrected chi connectivity index (χ1v) is 6.25. The number of carboxylic acids is 1. The van der Waals surface area contributed by atoms with Crippen LogP contribution in [-0.2, 0) is 10.2 Å². The average molecular weight is 251 g/mol. The zero-order chi connectivity index (χ0) is 13.2. The van der Waals surface area contributed by atoms with Gasteiger partial charge in [-0.15, -0.1) is 0 Å². The predicted octanol–water partition coefficient (Wildman–Crippen LogP) is 2.31. The van der Waals surface area contributed by atoms with Gasteiger partial charge in [-0.1, -0.05) is 12.1 Å². The molecule has 0 saturated heterocycles. The van der Waals surface area contributed by atoms with E-state index in [2.05, 4.69) is 5.32 Å². The van der Waals surface area contributed by atoms with E-state index in [9.17, 15) is 14.3 Å². The predicted molar refractivity (Wildman–Crippen MR) is 67.0 cm³/mol. The quantitative estimate of drug-likeness (QED) is 0.866. The van der Waals surface area contributed by atoms with E-state index in [1.165, 1.54) is 12.1 Å². The standard InChI is InChI=1S/C14H18FNO2/c1-16-12-6-8-14(9-7-12,13(17)18)10-2-4-11(15)5-3-10/h2-5,12,16H,6-9H2,1H3,(H,17,18). The SMILES string of the molecule is CNC1CCC(C(=O)O)(c2ccc(F)cc2)CC1. The average Bonchev–Trinajstić information content (AvgIpc) is 2.39. The summed E-state index contributed by atoms with van der Waals surface area (Å²) in [7, 11) is 1.90. The number of carbonyl (C=O) groups is 1. The number of rotatable bonds is 3. The van der Waals surface area contributed by atoms with Crippen LogP contribution in [0.1, 0.15) is 31.2 Å². The van der Waals surface area contributed by atoms with E-state index >= 15 is 0 Å². The van der Waals surface area contributed by atoms with E-state index < -0.39 is 11.4 Å². The number of benzene rings is 1. The van der Waals surface area contributed by atoms with Crippen LogP contribution in [0.2, 0.25) is 0 Å². The molecule has 2 rings (SSSR count). The summed E-state index contributed by atoms with van der Waals surface area (Å²) >= 11 is 0. The Hall–Kier alpha value is -1.42. The highest BCUT2D eigenvalue weighted by Gasteiger charge is 2.43. The van der Waals surface area contributed by atoms with Gasteiger partial charge >= 0.3 is 5.97 Å². The highest BCUT2D eigenvalue weighted by Crippen LogP contribution is 2.39. The number of halogens is 1. The Morgan fingerprint density at radius 1 is 1.33 bits per heavy atom. The maximum atomic E-state index is 12.9. The fraction of sp³-hybridized carbons (Fsp3) is 0.500. The van der Waals surface area contributed by atoms with Gasteiger partial charge in [-0.25, -0.2) is 4.39 Å². The largest absolute Gasteiger partial charge is 0.481 e. The van der Waals surface area contributed by atoms with Crippen LogP contribution >= 0.6 is 0 Å². The van der Waals surface area contributed by atoms with Crippen molar-refractivity contribution in [1.82, 2.24) is 5.32 Å². The summed E-state index contributed by atoms with van der Waals surface area (Å²) in [5, 5.41) is 12.7. The van der Waals surface area contributed by atoms with Gasteiger partial charge in [0.2, 0.25) is 0 Å². The number of hydrogen-bond acceptors (Lipinski definition) is 2. The molecule has 98 valence electrons. The lowest BCUT2D eigenvalue weighted by molar-refractivity contribution is -0.145. The molecule has 0 atom stereocenters. The summed E-state index contributed by atoms with van der Waals surface area (Å²) in [6, 6.07) is 6.26. The van der Waals surface area contributed by atoms with Gasteiger partial charge in [0.25, 0.3) is 0 Å². The van der Waals surface area contributed by atoms with Crippen molar-refractivity contribution in [2.75, 3.05) is 7.05 Å². The van der Waals surface area contributed by atoms with Gasteiger partial charge in [-0.3, -0.25) is 4.79 Å². The third kappa shape index (κ3) is 2.25. The van der Waals surface area contributed by atoms with Crippen molar-refractivity contribution in [1.29, 1.82) is 0 Å². The Kier molecular flexibility index (Phi) is 3.66. The molecule has 1 saturated carbocycles. The first-order chi connectivity index (χ1) is 8.58. The smallest absolute Gasteiger partial charge is 0.314 e. The summed E-state index contributed by atoms with van der Waals surface area (Å²) in [6.45, 7) is 0. The number of aliphatic carboxylic acids is 1. The minimum absolute atomic E-state index is 0.330. The summed E-state index contributed by atoms with van der Waals surface area (Å²) in [4.78, 5) is 11.6. The van der Waals surface area contributed by atoms with Crippen LogP contribution in [0.3, 0.4) is 0 Å².